The third-order valence-corrected chi connectivity index (χ3v) is 3.52. The van der Waals surface area contributed by atoms with Gasteiger partial charge in [-0.15, -0.1) is 0 Å². The standard InChI is InChI=1S/C13H14BrN3O/c1-2-10(9-6-4-3-5-7-9)16-11-8-15-17-13(18)12(11)14/h3-8,10H,2H2,1H3,(H2,16,17,18). The van der Waals surface area contributed by atoms with Crippen LogP contribution in [0, 0.1) is 0 Å². The van der Waals surface area contributed by atoms with E-state index in [0.717, 1.165) is 6.42 Å². The molecular formula is C13H14BrN3O. The van der Waals surface area contributed by atoms with E-state index in [2.05, 4.69) is 50.5 Å². The van der Waals surface area contributed by atoms with Gasteiger partial charge in [-0.25, -0.2) is 5.10 Å². The van der Waals surface area contributed by atoms with Gasteiger partial charge >= 0.3 is 0 Å². The molecule has 0 fully saturated rings. The van der Waals surface area contributed by atoms with Crippen LogP contribution in [-0.2, 0) is 0 Å². The number of aromatic amines is 1. The van der Waals surface area contributed by atoms with Crippen LogP contribution in [0.1, 0.15) is 24.9 Å². The molecule has 5 heteroatoms. The van der Waals surface area contributed by atoms with Crippen molar-refractivity contribution >= 4 is 21.6 Å². The first-order valence-electron chi connectivity index (χ1n) is 5.77. The van der Waals surface area contributed by atoms with Gasteiger partial charge < -0.3 is 5.32 Å². The number of halogens is 1. The summed E-state index contributed by atoms with van der Waals surface area (Å²) in [6.07, 6.45) is 2.53. The van der Waals surface area contributed by atoms with Crippen LogP contribution in [0.25, 0.3) is 0 Å². The lowest BCUT2D eigenvalue weighted by molar-refractivity contribution is 0.746. The minimum atomic E-state index is -0.233. The molecule has 1 aromatic heterocycles. The molecule has 0 amide bonds. The Morgan fingerprint density at radius 2 is 2.11 bits per heavy atom. The highest BCUT2D eigenvalue weighted by Gasteiger charge is 2.11. The summed E-state index contributed by atoms with van der Waals surface area (Å²) in [6.45, 7) is 2.10. The summed E-state index contributed by atoms with van der Waals surface area (Å²) in [5.74, 6) is 0. The van der Waals surface area contributed by atoms with Crippen molar-refractivity contribution in [2.75, 3.05) is 5.32 Å². The first-order valence-corrected chi connectivity index (χ1v) is 6.56. The smallest absolute Gasteiger partial charge is 0.280 e. The number of hydrogen-bond donors (Lipinski definition) is 2. The molecule has 0 spiro atoms. The fourth-order valence-corrected chi connectivity index (χ4v) is 2.08. The number of hydrogen-bond acceptors (Lipinski definition) is 3. The fraction of sp³-hybridized carbons (Fsp3) is 0.231. The maximum Gasteiger partial charge on any atom is 0.280 e. The van der Waals surface area contributed by atoms with Crippen molar-refractivity contribution in [3.63, 3.8) is 0 Å². The molecule has 2 aromatic rings. The largest absolute Gasteiger partial charge is 0.376 e. The molecule has 1 heterocycles. The van der Waals surface area contributed by atoms with Gasteiger partial charge in [-0.1, -0.05) is 37.3 Å². The summed E-state index contributed by atoms with van der Waals surface area (Å²) in [5.41, 5.74) is 1.66. The zero-order valence-corrected chi connectivity index (χ0v) is 11.6. The van der Waals surface area contributed by atoms with Gasteiger partial charge in [0.25, 0.3) is 5.56 Å². The van der Waals surface area contributed by atoms with E-state index in [9.17, 15) is 4.79 Å². The third-order valence-electron chi connectivity index (χ3n) is 2.74. The summed E-state index contributed by atoms with van der Waals surface area (Å²) < 4.78 is 0.479. The molecule has 2 rings (SSSR count). The molecule has 1 aromatic carbocycles. The van der Waals surface area contributed by atoms with Crippen LogP contribution >= 0.6 is 15.9 Å². The van der Waals surface area contributed by atoms with Crippen LogP contribution < -0.4 is 10.9 Å². The number of nitrogens with zero attached hydrogens (tertiary/aromatic N) is 1. The molecule has 0 bridgehead atoms. The van der Waals surface area contributed by atoms with Gasteiger partial charge in [-0.3, -0.25) is 4.79 Å². The Morgan fingerprint density at radius 1 is 1.39 bits per heavy atom. The van der Waals surface area contributed by atoms with E-state index in [1.807, 2.05) is 18.2 Å². The molecule has 0 saturated carbocycles. The predicted octanol–water partition coefficient (Wildman–Crippen LogP) is 3.10. The summed E-state index contributed by atoms with van der Waals surface area (Å²) >= 11 is 3.26. The molecule has 0 radical (unpaired) electrons. The average Bonchev–Trinajstić information content (AvgIpc) is 2.41. The van der Waals surface area contributed by atoms with E-state index in [0.29, 0.717) is 10.2 Å². The first kappa shape index (κ1) is 12.8. The molecule has 94 valence electrons. The van der Waals surface area contributed by atoms with E-state index in [4.69, 9.17) is 0 Å². The molecule has 0 aliphatic heterocycles. The maximum atomic E-state index is 11.4. The van der Waals surface area contributed by atoms with Gasteiger partial charge in [0.2, 0.25) is 0 Å². The highest BCUT2D eigenvalue weighted by molar-refractivity contribution is 9.10. The van der Waals surface area contributed by atoms with Gasteiger partial charge in [0.1, 0.15) is 4.47 Å². The van der Waals surface area contributed by atoms with E-state index in [-0.39, 0.29) is 11.6 Å². The molecule has 4 nitrogen and oxygen atoms in total. The second kappa shape index (κ2) is 5.82. The van der Waals surface area contributed by atoms with Gasteiger partial charge in [-0.2, -0.15) is 5.10 Å². The van der Waals surface area contributed by atoms with Gasteiger partial charge in [0.05, 0.1) is 17.9 Å². The Kier molecular flexibility index (Phi) is 4.15. The third kappa shape index (κ3) is 2.79. The monoisotopic (exact) mass is 307 g/mol. The molecule has 0 saturated heterocycles. The number of aromatic nitrogens is 2. The summed E-state index contributed by atoms with van der Waals surface area (Å²) in [4.78, 5) is 11.4. The quantitative estimate of drug-likeness (QED) is 0.912. The normalized spacial score (nSPS) is 12.1. The molecule has 1 atom stereocenters. The van der Waals surface area contributed by atoms with Crippen LogP contribution in [0.15, 0.2) is 45.8 Å². The van der Waals surface area contributed by atoms with E-state index >= 15 is 0 Å². The van der Waals surface area contributed by atoms with E-state index < -0.39 is 0 Å². The Morgan fingerprint density at radius 3 is 2.78 bits per heavy atom. The van der Waals surface area contributed by atoms with Gasteiger partial charge in [0, 0.05) is 0 Å². The number of nitrogens with one attached hydrogen (secondary N) is 2. The molecule has 1 unspecified atom stereocenters. The number of benzene rings is 1. The van der Waals surface area contributed by atoms with Crippen molar-refractivity contribution < 1.29 is 0 Å². The van der Waals surface area contributed by atoms with Gasteiger partial charge in [-0.05, 0) is 27.9 Å². The lowest BCUT2D eigenvalue weighted by atomic mass is 10.0. The minimum absolute atomic E-state index is 0.158. The highest BCUT2D eigenvalue weighted by atomic mass is 79.9. The average molecular weight is 308 g/mol. The van der Waals surface area contributed by atoms with Crippen LogP contribution in [-0.4, -0.2) is 10.2 Å². The Balaban J connectivity index is 2.26. The fourth-order valence-electron chi connectivity index (χ4n) is 1.78. The SMILES string of the molecule is CCC(Nc1cn[nH]c(=O)c1Br)c1ccccc1. The van der Waals surface area contributed by atoms with Crippen molar-refractivity contribution in [3.8, 4) is 0 Å². The minimum Gasteiger partial charge on any atom is -0.376 e. The van der Waals surface area contributed by atoms with Crippen molar-refractivity contribution in [2.24, 2.45) is 0 Å². The topological polar surface area (TPSA) is 57.8 Å². The summed E-state index contributed by atoms with van der Waals surface area (Å²) in [5, 5.41) is 9.50. The lowest BCUT2D eigenvalue weighted by Crippen LogP contribution is -2.15. The Hall–Kier alpha value is -1.62. The number of rotatable bonds is 4. The summed E-state index contributed by atoms with van der Waals surface area (Å²) in [7, 11) is 0. The highest BCUT2D eigenvalue weighted by Crippen LogP contribution is 2.24. The van der Waals surface area contributed by atoms with Crippen LogP contribution in [0.2, 0.25) is 0 Å². The van der Waals surface area contributed by atoms with Crippen molar-refractivity contribution in [1.29, 1.82) is 0 Å². The van der Waals surface area contributed by atoms with E-state index in [1.165, 1.54) is 5.56 Å². The molecule has 0 aliphatic rings. The van der Waals surface area contributed by atoms with Crippen LogP contribution in [0.5, 0.6) is 0 Å². The second-order valence-electron chi connectivity index (χ2n) is 3.94. The second-order valence-corrected chi connectivity index (χ2v) is 4.74. The molecule has 0 aliphatic carbocycles. The van der Waals surface area contributed by atoms with Crippen molar-refractivity contribution in [1.82, 2.24) is 10.2 Å². The molecular weight excluding hydrogens is 294 g/mol. The predicted molar refractivity (Wildman–Crippen MR) is 75.7 cm³/mol. The Labute approximate surface area is 114 Å². The molecule has 2 N–H and O–H groups in total. The van der Waals surface area contributed by atoms with Crippen molar-refractivity contribution in [2.45, 2.75) is 19.4 Å². The van der Waals surface area contributed by atoms with Crippen molar-refractivity contribution in [3.05, 3.63) is 56.9 Å². The lowest BCUT2D eigenvalue weighted by Gasteiger charge is -2.18. The van der Waals surface area contributed by atoms with Gasteiger partial charge in [0.15, 0.2) is 0 Å². The van der Waals surface area contributed by atoms with Crippen LogP contribution in [0.3, 0.4) is 0 Å². The zero-order chi connectivity index (χ0) is 13.0. The van der Waals surface area contributed by atoms with Crippen LogP contribution in [0.4, 0.5) is 5.69 Å². The zero-order valence-electron chi connectivity index (χ0n) is 9.98. The maximum absolute atomic E-state index is 11.4. The summed E-state index contributed by atoms with van der Waals surface area (Å²) in [6, 6.07) is 10.3. The molecule has 18 heavy (non-hydrogen) atoms. The number of anilines is 1. The first-order chi connectivity index (χ1) is 8.72. The Bertz CT molecular complexity index is 568. The van der Waals surface area contributed by atoms with E-state index in [1.54, 1.807) is 6.20 Å². The number of H-pyrrole nitrogens is 1.